The Hall–Kier alpha value is -1.15. The molecule has 0 atom stereocenters. The van der Waals surface area contributed by atoms with Gasteiger partial charge in [-0.1, -0.05) is 12.2 Å². The average molecular weight is 262 g/mol. The number of carbonyl (C=O) groups excluding carboxylic acids is 1. The highest BCUT2D eigenvalue weighted by molar-refractivity contribution is 5.66. The molecule has 0 fully saturated rings. The van der Waals surface area contributed by atoms with Crippen LogP contribution in [0.15, 0.2) is 12.2 Å². The van der Waals surface area contributed by atoms with Crippen LogP contribution in [0.5, 0.6) is 0 Å². The number of nitrogens with one attached hydrogen (secondary N) is 2. The molecule has 0 rings (SSSR count). The van der Waals surface area contributed by atoms with Crippen molar-refractivity contribution in [2.24, 2.45) is 0 Å². The maximum atomic E-state index is 11.1. The zero-order chi connectivity index (χ0) is 13.6. The molecule has 106 valence electrons. The largest absolute Gasteiger partial charge is 0.447 e. The highest BCUT2D eigenvalue weighted by Crippen LogP contribution is 1.89. The Labute approximate surface area is 107 Å². The third-order valence-electron chi connectivity index (χ3n) is 1.55. The summed E-state index contributed by atoms with van der Waals surface area (Å²) in [6.45, 7) is 7.36. The molecule has 0 aliphatic rings. The molecule has 1 amide bonds. The number of hydrogen-bond acceptors (Lipinski definition) is 6. The Morgan fingerprint density at radius 3 is 2.67 bits per heavy atom. The molecule has 0 bridgehead atoms. The Bertz CT molecular complexity index is 235. The van der Waals surface area contributed by atoms with Gasteiger partial charge in [-0.2, -0.15) is 0 Å². The first-order valence-corrected chi connectivity index (χ1v) is 5.68. The summed E-state index contributed by atoms with van der Waals surface area (Å²) in [5, 5.41) is 5.34. The summed E-state index contributed by atoms with van der Waals surface area (Å²) in [4.78, 5) is 20.6. The van der Waals surface area contributed by atoms with E-state index in [1.807, 2.05) is 6.92 Å². The van der Waals surface area contributed by atoms with E-state index >= 15 is 0 Å². The lowest BCUT2D eigenvalue weighted by molar-refractivity contribution is -0.290. The molecule has 7 heteroatoms. The van der Waals surface area contributed by atoms with Crippen molar-refractivity contribution in [2.45, 2.75) is 6.92 Å². The fourth-order valence-electron chi connectivity index (χ4n) is 0.820. The van der Waals surface area contributed by atoms with Crippen LogP contribution < -0.4 is 10.6 Å². The second kappa shape index (κ2) is 12.3. The minimum atomic E-state index is -0.508. The van der Waals surface area contributed by atoms with Crippen LogP contribution in [0, 0.1) is 0 Å². The van der Waals surface area contributed by atoms with Gasteiger partial charge in [-0.05, 0) is 14.0 Å². The van der Waals surface area contributed by atoms with Crippen LogP contribution in [-0.2, 0) is 19.2 Å². The van der Waals surface area contributed by atoms with Crippen molar-refractivity contribution in [1.29, 1.82) is 0 Å². The van der Waals surface area contributed by atoms with Gasteiger partial charge in [0.05, 0.1) is 13.3 Å². The molecule has 0 aliphatic carbocycles. The second-order valence-electron chi connectivity index (χ2n) is 3.51. The lowest BCUT2D eigenvalue weighted by atomic mass is 10.4. The van der Waals surface area contributed by atoms with Crippen molar-refractivity contribution in [3.8, 4) is 0 Å². The smallest absolute Gasteiger partial charge is 0.407 e. The number of rotatable bonds is 11. The molecule has 0 aromatic heterocycles. The van der Waals surface area contributed by atoms with Gasteiger partial charge in [-0.15, -0.1) is 0 Å². The monoisotopic (exact) mass is 262 g/mol. The summed E-state index contributed by atoms with van der Waals surface area (Å²) in [5.41, 5.74) is 0.857. The van der Waals surface area contributed by atoms with Gasteiger partial charge in [-0.3, -0.25) is 5.32 Å². The normalized spacial score (nSPS) is 10.1. The number of amides is 1. The fraction of sp³-hybridized carbons (Fsp3) is 0.727. The molecular formula is C11H22N2O5. The van der Waals surface area contributed by atoms with E-state index in [4.69, 9.17) is 19.2 Å². The molecule has 0 aliphatic heterocycles. The van der Waals surface area contributed by atoms with E-state index in [0.29, 0.717) is 26.5 Å². The molecule has 18 heavy (non-hydrogen) atoms. The Morgan fingerprint density at radius 2 is 2.00 bits per heavy atom. The van der Waals surface area contributed by atoms with Gasteiger partial charge in [0.15, 0.2) is 0 Å². The molecular weight excluding hydrogens is 240 g/mol. The van der Waals surface area contributed by atoms with Crippen LogP contribution in [0.3, 0.4) is 0 Å². The third-order valence-corrected chi connectivity index (χ3v) is 1.55. The third kappa shape index (κ3) is 12.9. The molecule has 0 spiro atoms. The van der Waals surface area contributed by atoms with E-state index in [0.717, 1.165) is 5.57 Å². The van der Waals surface area contributed by atoms with Crippen LogP contribution in [0.4, 0.5) is 4.79 Å². The van der Waals surface area contributed by atoms with Crippen LogP contribution >= 0.6 is 0 Å². The molecule has 0 aromatic rings. The van der Waals surface area contributed by atoms with Gasteiger partial charge in [0.2, 0.25) is 0 Å². The van der Waals surface area contributed by atoms with Crippen LogP contribution in [0.1, 0.15) is 6.92 Å². The first-order valence-electron chi connectivity index (χ1n) is 5.68. The zero-order valence-corrected chi connectivity index (χ0v) is 11.0. The molecule has 2 N–H and O–H groups in total. The van der Waals surface area contributed by atoms with Gasteiger partial charge in [0, 0.05) is 6.54 Å². The summed E-state index contributed by atoms with van der Waals surface area (Å²) < 4.78 is 9.89. The Balaban J connectivity index is 3.19. The van der Waals surface area contributed by atoms with E-state index in [1.165, 1.54) is 0 Å². The first-order chi connectivity index (χ1) is 8.66. The Morgan fingerprint density at radius 1 is 1.22 bits per heavy atom. The van der Waals surface area contributed by atoms with Crippen LogP contribution in [0.25, 0.3) is 0 Å². The lowest BCUT2D eigenvalue weighted by Crippen LogP contribution is -2.29. The topological polar surface area (TPSA) is 78.1 Å². The quantitative estimate of drug-likeness (QED) is 0.185. The molecule has 0 heterocycles. The highest BCUT2D eigenvalue weighted by atomic mass is 17.2. The molecule has 0 saturated carbocycles. The molecule has 0 radical (unpaired) electrons. The standard InChI is InChI=1S/C11H22N2O5/c1-10(2)8-18-17-7-6-16-11(14)13-4-5-15-9-12-3/h12H,1,4-9H2,2-3H3,(H,13,14). The second-order valence-corrected chi connectivity index (χ2v) is 3.51. The van der Waals surface area contributed by atoms with E-state index in [-0.39, 0.29) is 13.2 Å². The van der Waals surface area contributed by atoms with E-state index in [2.05, 4.69) is 17.2 Å². The zero-order valence-electron chi connectivity index (χ0n) is 11.0. The summed E-state index contributed by atoms with van der Waals surface area (Å²) in [6.07, 6.45) is -0.508. The van der Waals surface area contributed by atoms with Gasteiger partial charge < -0.3 is 14.8 Å². The number of ether oxygens (including phenoxy) is 2. The highest BCUT2D eigenvalue weighted by Gasteiger charge is 2.00. The average Bonchev–Trinajstić information content (AvgIpc) is 2.33. The van der Waals surface area contributed by atoms with E-state index in [9.17, 15) is 4.79 Å². The fourth-order valence-corrected chi connectivity index (χ4v) is 0.820. The number of hydrogen-bond donors (Lipinski definition) is 2. The number of alkyl carbamates (subject to hydrolysis) is 1. The lowest BCUT2D eigenvalue weighted by Gasteiger charge is -2.07. The summed E-state index contributed by atoms with van der Waals surface area (Å²) in [5.74, 6) is 0. The minimum Gasteiger partial charge on any atom is -0.447 e. The summed E-state index contributed by atoms with van der Waals surface area (Å²) in [6, 6.07) is 0. The van der Waals surface area contributed by atoms with E-state index in [1.54, 1.807) is 7.05 Å². The summed E-state index contributed by atoms with van der Waals surface area (Å²) >= 11 is 0. The Kier molecular flexibility index (Phi) is 11.5. The molecule has 0 unspecified atom stereocenters. The maximum absolute atomic E-state index is 11.1. The first kappa shape index (κ1) is 16.9. The van der Waals surface area contributed by atoms with Crippen molar-refractivity contribution < 1.29 is 24.0 Å². The van der Waals surface area contributed by atoms with Gasteiger partial charge in [0.25, 0.3) is 0 Å². The van der Waals surface area contributed by atoms with Crippen molar-refractivity contribution in [2.75, 3.05) is 46.8 Å². The predicted molar refractivity (Wildman–Crippen MR) is 65.9 cm³/mol. The molecule has 0 aromatic carbocycles. The van der Waals surface area contributed by atoms with Crippen molar-refractivity contribution in [1.82, 2.24) is 10.6 Å². The maximum Gasteiger partial charge on any atom is 0.407 e. The minimum absolute atomic E-state index is 0.124. The van der Waals surface area contributed by atoms with Crippen molar-refractivity contribution >= 4 is 6.09 Å². The van der Waals surface area contributed by atoms with Crippen molar-refractivity contribution in [3.05, 3.63) is 12.2 Å². The molecule has 7 nitrogen and oxygen atoms in total. The van der Waals surface area contributed by atoms with Gasteiger partial charge in [-0.25, -0.2) is 14.6 Å². The predicted octanol–water partition coefficient (Wildman–Crippen LogP) is 0.430. The SMILES string of the molecule is C=C(C)COOCCOC(=O)NCCOCNC. The summed E-state index contributed by atoms with van der Waals surface area (Å²) in [7, 11) is 1.78. The van der Waals surface area contributed by atoms with Crippen LogP contribution in [-0.4, -0.2) is 52.8 Å². The number of carbonyl (C=O) groups is 1. The molecule has 0 saturated heterocycles. The van der Waals surface area contributed by atoms with Gasteiger partial charge in [0.1, 0.15) is 19.8 Å². The van der Waals surface area contributed by atoms with E-state index < -0.39 is 6.09 Å². The van der Waals surface area contributed by atoms with Crippen LogP contribution in [0.2, 0.25) is 0 Å². The van der Waals surface area contributed by atoms with Gasteiger partial charge >= 0.3 is 6.09 Å². The van der Waals surface area contributed by atoms with Crippen molar-refractivity contribution in [3.63, 3.8) is 0 Å².